The first kappa shape index (κ1) is 64.2. The van der Waals surface area contributed by atoms with Crippen molar-refractivity contribution in [3.05, 3.63) is 333 Å². The topological polar surface area (TPSA) is 201 Å². The Hall–Kier alpha value is -10.6. The summed E-state index contributed by atoms with van der Waals surface area (Å²) >= 11 is 0. The maximum atomic E-state index is 3.59. The van der Waals surface area contributed by atoms with Crippen LogP contribution in [0.3, 0.4) is 0 Å². The van der Waals surface area contributed by atoms with Crippen LogP contribution >= 0.6 is 0 Å². The SMILES string of the molecule is C[n+]1ccc(-c2cc3[nH]c2=Cc2ccc([nH]2)C=c2ccc([nH]2)=Cc2ccc([nH]2)C=3)cc1.C[n+]1ccc(-c2cc3[nH]c2=Cc2ccc([nH]2)C=c2ccc([nH]2)=Cc2ccc([nH]2)C=3)cc1.C[n+]1ccc(-c2cc3[nH]c2=Cc2ccc([nH]2)C=c2ccc([nH]2)=Cc2ccc([nH]2)C=3)cc1.[I-].[I-].[I-]. The molecule has 0 saturated carbocycles. The van der Waals surface area contributed by atoms with Crippen LogP contribution in [0.4, 0.5) is 0 Å². The average Bonchev–Trinajstić information content (AvgIpc) is 1.68. The van der Waals surface area contributed by atoms with Crippen LogP contribution in [0.5, 0.6) is 0 Å². The molecule has 24 bridgehead atoms. The van der Waals surface area contributed by atoms with Gasteiger partial charge in [-0.2, -0.15) is 0 Å². The largest absolute Gasteiger partial charge is 1.00 e. The molecule has 15 nitrogen and oxygen atoms in total. The third-order valence-corrected chi connectivity index (χ3v) is 16.8. The molecule has 0 amide bonds. The van der Waals surface area contributed by atoms with Gasteiger partial charge in [0.1, 0.15) is 21.1 Å². The molecule has 0 saturated heterocycles. The Balaban J connectivity index is 0.000000128. The van der Waals surface area contributed by atoms with Crippen LogP contribution in [0.2, 0.25) is 0 Å². The molecule has 15 aromatic rings. The lowest BCUT2D eigenvalue weighted by Gasteiger charge is -1.96. The van der Waals surface area contributed by atoms with Crippen molar-refractivity contribution in [2.75, 3.05) is 0 Å². The predicted octanol–water partition coefficient (Wildman–Crippen LogP) is -5.63. The molecule has 0 unspecified atom stereocenters. The van der Waals surface area contributed by atoms with Gasteiger partial charge in [0.15, 0.2) is 37.2 Å². The molecule has 18 rings (SSSR count). The summed E-state index contributed by atoms with van der Waals surface area (Å²) in [6.45, 7) is 0. The average molecular weight is 1590 g/mol. The van der Waals surface area contributed by atoms with E-state index in [-0.39, 0.29) is 71.9 Å². The van der Waals surface area contributed by atoms with Crippen molar-refractivity contribution in [3.63, 3.8) is 0 Å². The summed E-state index contributed by atoms with van der Waals surface area (Å²) in [5, 5.41) is 12.7. The lowest BCUT2D eigenvalue weighted by atomic mass is 10.1. The number of aromatic amines is 12. The normalized spacial score (nSPS) is 12.0. The van der Waals surface area contributed by atoms with Gasteiger partial charge in [0, 0.05) is 186 Å². The molecule has 0 aromatic carbocycles. The van der Waals surface area contributed by atoms with E-state index in [9.17, 15) is 0 Å². The van der Waals surface area contributed by atoms with Gasteiger partial charge in [0.05, 0.1) is 0 Å². The fraction of sp³-hybridized carbons (Fsp3) is 0.0385. The fourth-order valence-electron chi connectivity index (χ4n) is 12.2. The van der Waals surface area contributed by atoms with E-state index in [0.29, 0.717) is 0 Å². The van der Waals surface area contributed by atoms with Gasteiger partial charge < -0.3 is 132 Å². The Morgan fingerprint density at radius 1 is 0.188 bits per heavy atom. The number of rotatable bonds is 3. The third kappa shape index (κ3) is 14.7. The molecule has 0 spiro atoms. The highest BCUT2D eigenvalue weighted by molar-refractivity contribution is 5.71. The first-order chi connectivity index (χ1) is 45.5. The predicted molar refractivity (Wildman–Crippen MR) is 368 cm³/mol. The van der Waals surface area contributed by atoms with Crippen molar-refractivity contribution >= 4 is 72.9 Å². The molecular weight excluding hydrogens is 1530 g/mol. The summed E-state index contributed by atoms with van der Waals surface area (Å²) in [5.74, 6) is 0. The van der Waals surface area contributed by atoms with Crippen LogP contribution < -0.4 is 150 Å². The second-order valence-electron chi connectivity index (χ2n) is 24.0. The van der Waals surface area contributed by atoms with Crippen LogP contribution in [-0.2, 0) is 21.1 Å². The number of nitrogens with one attached hydrogen (secondary N) is 12. The highest BCUT2D eigenvalue weighted by Crippen LogP contribution is 2.17. The molecule has 12 N–H and O–H groups in total. The van der Waals surface area contributed by atoms with E-state index < -0.39 is 0 Å². The number of halogens is 3. The molecule has 0 aliphatic carbocycles. The van der Waals surface area contributed by atoms with Crippen LogP contribution in [0, 0.1) is 0 Å². The summed E-state index contributed by atoms with van der Waals surface area (Å²) in [7, 11) is 6.09. The first-order valence-corrected chi connectivity index (χ1v) is 31.0. The Labute approximate surface area is 601 Å². The summed E-state index contributed by atoms with van der Waals surface area (Å²) < 4.78 is 6.14. The minimum Gasteiger partial charge on any atom is -1.00 e. The molecule has 18 heterocycles. The van der Waals surface area contributed by atoms with E-state index in [2.05, 4.69) is 334 Å². The number of aryl methyl sites for hydroxylation is 3. The zero-order chi connectivity index (χ0) is 62.4. The molecule has 18 heteroatoms. The minimum atomic E-state index is 0. The lowest BCUT2D eigenvalue weighted by molar-refractivity contribution is -0.671. The maximum absolute atomic E-state index is 3.59. The number of fused-ring (bicyclic) bond motifs is 24. The molecule has 0 radical (unpaired) electrons. The van der Waals surface area contributed by atoms with Crippen molar-refractivity contribution in [2.45, 2.75) is 0 Å². The monoisotopic (exact) mass is 1590 g/mol. The van der Waals surface area contributed by atoms with E-state index in [1.54, 1.807) is 0 Å². The molecule has 474 valence electrons. The van der Waals surface area contributed by atoms with E-state index >= 15 is 0 Å². The van der Waals surface area contributed by atoms with Crippen molar-refractivity contribution in [3.8, 4) is 33.4 Å². The van der Waals surface area contributed by atoms with E-state index in [1.165, 1.54) is 33.4 Å². The Bertz CT molecular complexity index is 5520. The quantitative estimate of drug-likeness (QED) is 0.0593. The fourth-order valence-corrected chi connectivity index (χ4v) is 12.2. The van der Waals surface area contributed by atoms with Gasteiger partial charge in [-0.05, 0) is 217 Å². The van der Waals surface area contributed by atoms with Crippen molar-refractivity contribution in [2.24, 2.45) is 21.1 Å². The number of nitrogens with zero attached hydrogens (tertiary/aromatic N) is 3. The zero-order valence-corrected chi connectivity index (χ0v) is 58.9. The Kier molecular flexibility index (Phi) is 18.6. The van der Waals surface area contributed by atoms with E-state index in [4.69, 9.17) is 0 Å². The molecule has 3 aliphatic rings. The standard InChI is InChI=1S/3C26H21N5.3HI/c3*1-31-10-8-17(9-11-31)25-15-24-14-22-5-4-20(28-22)12-18-2-3-19(27-18)13-21-6-7-23(29-21)16-26(25)30-24;;;/h3*2-16H,1H3,(H3,27,28,29,30);3*1H. The molecular formula is C78H66I3N15. The van der Waals surface area contributed by atoms with E-state index in [1.807, 2.05) is 34.8 Å². The minimum absolute atomic E-state index is 0. The van der Waals surface area contributed by atoms with Crippen LogP contribution in [0.1, 0.15) is 68.3 Å². The smallest absolute Gasteiger partial charge is 0.169 e. The van der Waals surface area contributed by atoms with Crippen LogP contribution in [0.25, 0.3) is 106 Å². The van der Waals surface area contributed by atoms with Gasteiger partial charge in [-0.15, -0.1) is 0 Å². The number of pyridine rings is 3. The molecule has 0 atom stereocenters. The van der Waals surface area contributed by atoms with Crippen LogP contribution in [0.15, 0.2) is 201 Å². The summed E-state index contributed by atoms with van der Waals surface area (Å²) in [6, 6.07) is 57.2. The molecule has 3 aliphatic heterocycles. The first-order valence-electron chi connectivity index (χ1n) is 31.0. The Morgan fingerprint density at radius 3 is 0.562 bits per heavy atom. The van der Waals surface area contributed by atoms with Crippen molar-refractivity contribution < 1.29 is 85.6 Å². The highest BCUT2D eigenvalue weighted by atomic mass is 127. The Morgan fingerprint density at radius 2 is 0.365 bits per heavy atom. The van der Waals surface area contributed by atoms with Gasteiger partial charge in [0.2, 0.25) is 0 Å². The number of aromatic nitrogens is 15. The maximum Gasteiger partial charge on any atom is 0.169 e. The van der Waals surface area contributed by atoms with Crippen molar-refractivity contribution in [1.29, 1.82) is 0 Å². The summed E-state index contributed by atoms with van der Waals surface area (Å²) in [6.07, 6.45) is 38.1. The molecule has 0 fully saturated rings. The third-order valence-electron chi connectivity index (χ3n) is 16.8. The molecule has 96 heavy (non-hydrogen) atoms. The van der Waals surface area contributed by atoms with Crippen LogP contribution in [-0.4, -0.2) is 59.8 Å². The number of H-pyrrole nitrogens is 12. The van der Waals surface area contributed by atoms with E-state index in [0.717, 1.165) is 133 Å². The summed E-state index contributed by atoms with van der Waals surface area (Å²) in [4.78, 5) is 42.1. The van der Waals surface area contributed by atoms with Gasteiger partial charge >= 0.3 is 0 Å². The second kappa shape index (κ2) is 27.8. The molecule has 15 aromatic heterocycles. The highest BCUT2D eigenvalue weighted by Gasteiger charge is 2.11. The van der Waals surface area contributed by atoms with Gasteiger partial charge in [-0.1, -0.05) is 0 Å². The van der Waals surface area contributed by atoms with Gasteiger partial charge in [0.25, 0.3) is 0 Å². The number of hydrogen-bond acceptors (Lipinski definition) is 0. The summed E-state index contributed by atoms with van der Waals surface area (Å²) in [5.41, 5.74) is 19.7. The lowest BCUT2D eigenvalue weighted by Crippen LogP contribution is -3.00. The van der Waals surface area contributed by atoms with Gasteiger partial charge in [-0.25, -0.2) is 13.7 Å². The zero-order valence-electron chi connectivity index (χ0n) is 52.5. The van der Waals surface area contributed by atoms with Crippen molar-refractivity contribution in [1.82, 2.24) is 59.8 Å². The second-order valence-corrected chi connectivity index (χ2v) is 24.0. The number of hydrogen-bond donors (Lipinski definition) is 12. The van der Waals surface area contributed by atoms with Gasteiger partial charge in [-0.3, -0.25) is 0 Å².